The van der Waals surface area contributed by atoms with Crippen LogP contribution in [0.15, 0.2) is 206 Å². The molecule has 0 radical (unpaired) electrons. The Balaban J connectivity index is 1.19. The molecule has 10 rings (SSSR count). The minimum absolute atomic E-state index is 0.936. The fourth-order valence-electron chi connectivity index (χ4n) is 7.92. The first-order valence-electron chi connectivity index (χ1n) is 18.1. The quantitative estimate of drug-likeness (QED) is 0.161. The van der Waals surface area contributed by atoms with Crippen LogP contribution >= 0.6 is 0 Å². The first-order chi connectivity index (χ1) is 26.3. The van der Waals surface area contributed by atoms with E-state index in [4.69, 9.17) is 4.98 Å². The lowest BCUT2D eigenvalue weighted by Gasteiger charge is -2.19. The van der Waals surface area contributed by atoms with E-state index in [0.29, 0.717) is 0 Å². The van der Waals surface area contributed by atoms with E-state index in [-0.39, 0.29) is 0 Å². The Morgan fingerprint density at radius 1 is 0.302 bits per heavy atom. The number of rotatable bonds is 6. The molecule has 1 aromatic heterocycles. The second-order valence-electron chi connectivity index (χ2n) is 13.5. The Hall–Kier alpha value is -7.03. The molecule has 0 bridgehead atoms. The average molecular weight is 675 g/mol. The zero-order chi connectivity index (χ0) is 35.1. The summed E-state index contributed by atoms with van der Waals surface area (Å²) >= 11 is 0. The summed E-state index contributed by atoms with van der Waals surface area (Å²) in [5.41, 5.74) is 14.0. The lowest BCUT2D eigenvalue weighted by atomic mass is 9.84. The van der Waals surface area contributed by atoms with Crippen LogP contribution < -0.4 is 0 Å². The van der Waals surface area contributed by atoms with Gasteiger partial charge in [-0.05, 0) is 96.4 Å². The van der Waals surface area contributed by atoms with Crippen LogP contribution in [0.2, 0.25) is 0 Å². The fourth-order valence-corrected chi connectivity index (χ4v) is 7.92. The summed E-state index contributed by atoms with van der Waals surface area (Å²) in [6, 6.07) is 74.1. The smallest absolute Gasteiger partial charge is 0.145 e. The summed E-state index contributed by atoms with van der Waals surface area (Å²) in [4.78, 5) is 5.08. The minimum Gasteiger partial charge on any atom is -0.292 e. The number of hydrogen-bond acceptors (Lipinski definition) is 1. The molecule has 0 unspecified atom stereocenters. The van der Waals surface area contributed by atoms with Crippen molar-refractivity contribution in [2.24, 2.45) is 0 Å². The summed E-state index contributed by atoms with van der Waals surface area (Å²) < 4.78 is 2.28. The summed E-state index contributed by atoms with van der Waals surface area (Å²) in [7, 11) is 0. The molecule has 0 saturated heterocycles. The van der Waals surface area contributed by atoms with Gasteiger partial charge in [-0.3, -0.25) is 4.57 Å². The van der Waals surface area contributed by atoms with Crippen molar-refractivity contribution >= 4 is 32.6 Å². The standard InChI is InChI=1S/C51H34N2/c1-4-14-35(15-5-1)37-24-26-38(27-25-37)49-43-20-10-11-21-44(43)50(46-34-41(30-33-45(46)49)36-16-6-2-7-17-36)39-28-31-42(32-29-39)53-48-23-13-12-22-47(48)52-51(53)40-18-8-3-9-19-40/h1-34H. The highest BCUT2D eigenvalue weighted by Crippen LogP contribution is 2.45. The third-order valence-electron chi connectivity index (χ3n) is 10.4. The van der Waals surface area contributed by atoms with E-state index in [0.717, 1.165) is 28.1 Å². The molecule has 0 saturated carbocycles. The first-order valence-corrected chi connectivity index (χ1v) is 18.1. The van der Waals surface area contributed by atoms with Crippen molar-refractivity contribution in [1.29, 1.82) is 0 Å². The van der Waals surface area contributed by atoms with E-state index in [1.807, 2.05) is 6.07 Å². The third kappa shape index (κ3) is 5.40. The molecule has 0 spiro atoms. The Morgan fingerprint density at radius 2 is 0.736 bits per heavy atom. The van der Waals surface area contributed by atoms with Crippen LogP contribution in [0.4, 0.5) is 0 Å². The maximum Gasteiger partial charge on any atom is 0.145 e. The van der Waals surface area contributed by atoms with Crippen LogP contribution in [0.3, 0.4) is 0 Å². The van der Waals surface area contributed by atoms with Crippen molar-refractivity contribution in [3.63, 3.8) is 0 Å². The van der Waals surface area contributed by atoms with Gasteiger partial charge in [-0.1, -0.05) is 176 Å². The highest BCUT2D eigenvalue weighted by atomic mass is 15.1. The first kappa shape index (κ1) is 30.8. The van der Waals surface area contributed by atoms with E-state index >= 15 is 0 Å². The zero-order valence-electron chi connectivity index (χ0n) is 29.0. The molecule has 0 aliphatic heterocycles. The van der Waals surface area contributed by atoms with Gasteiger partial charge in [0.2, 0.25) is 0 Å². The van der Waals surface area contributed by atoms with Crippen molar-refractivity contribution in [3.05, 3.63) is 206 Å². The van der Waals surface area contributed by atoms with Crippen LogP contribution in [0, 0.1) is 0 Å². The number of benzene rings is 9. The zero-order valence-corrected chi connectivity index (χ0v) is 29.0. The van der Waals surface area contributed by atoms with Crippen molar-refractivity contribution in [3.8, 4) is 61.6 Å². The van der Waals surface area contributed by atoms with Crippen molar-refractivity contribution in [2.75, 3.05) is 0 Å². The molecule has 0 amide bonds. The minimum atomic E-state index is 0.936. The Kier molecular flexibility index (Phi) is 7.51. The summed E-state index contributed by atoms with van der Waals surface area (Å²) in [5, 5.41) is 4.95. The van der Waals surface area contributed by atoms with Gasteiger partial charge in [-0.15, -0.1) is 0 Å². The molecule has 53 heavy (non-hydrogen) atoms. The summed E-state index contributed by atoms with van der Waals surface area (Å²) in [6.07, 6.45) is 0. The lowest BCUT2D eigenvalue weighted by molar-refractivity contribution is 1.10. The second-order valence-corrected chi connectivity index (χ2v) is 13.5. The van der Waals surface area contributed by atoms with Gasteiger partial charge < -0.3 is 0 Å². The van der Waals surface area contributed by atoms with E-state index in [1.54, 1.807) is 0 Å². The van der Waals surface area contributed by atoms with Crippen LogP contribution in [-0.4, -0.2) is 9.55 Å². The molecule has 2 nitrogen and oxygen atoms in total. The maximum absolute atomic E-state index is 5.08. The maximum atomic E-state index is 5.08. The second kappa shape index (κ2) is 12.9. The van der Waals surface area contributed by atoms with Gasteiger partial charge in [0.15, 0.2) is 0 Å². The third-order valence-corrected chi connectivity index (χ3v) is 10.4. The van der Waals surface area contributed by atoms with Crippen LogP contribution in [0.1, 0.15) is 0 Å². The molecule has 0 aliphatic rings. The predicted molar refractivity (Wildman–Crippen MR) is 223 cm³/mol. The number of nitrogens with zero attached hydrogens (tertiary/aromatic N) is 2. The van der Waals surface area contributed by atoms with Gasteiger partial charge in [-0.2, -0.15) is 0 Å². The number of aromatic nitrogens is 2. The topological polar surface area (TPSA) is 17.8 Å². The van der Waals surface area contributed by atoms with Gasteiger partial charge in [0.05, 0.1) is 11.0 Å². The summed E-state index contributed by atoms with van der Waals surface area (Å²) in [6.45, 7) is 0. The number of para-hydroxylation sites is 2. The van der Waals surface area contributed by atoms with Crippen LogP contribution in [0.25, 0.3) is 94.2 Å². The number of fused-ring (bicyclic) bond motifs is 3. The molecule has 9 aromatic carbocycles. The van der Waals surface area contributed by atoms with E-state index in [2.05, 4.69) is 205 Å². The monoisotopic (exact) mass is 674 g/mol. The Bertz CT molecular complexity index is 2890. The molecule has 0 atom stereocenters. The predicted octanol–water partition coefficient (Wildman–Crippen LogP) is 13.7. The summed E-state index contributed by atoms with van der Waals surface area (Å²) in [5.74, 6) is 0.936. The van der Waals surface area contributed by atoms with E-state index in [9.17, 15) is 0 Å². The molecule has 0 N–H and O–H groups in total. The molecular formula is C51H34N2. The van der Waals surface area contributed by atoms with Gasteiger partial charge in [0, 0.05) is 11.3 Å². The normalized spacial score (nSPS) is 11.4. The number of hydrogen-bond donors (Lipinski definition) is 0. The Morgan fingerprint density at radius 3 is 1.38 bits per heavy atom. The Labute approximate surface area is 308 Å². The van der Waals surface area contributed by atoms with E-state index < -0.39 is 0 Å². The molecule has 0 aliphatic carbocycles. The molecule has 0 fully saturated rings. The molecule has 1 heterocycles. The SMILES string of the molecule is c1ccc(-c2ccc(-c3c4ccccc4c(-c4ccc(-n5c(-c6ccccc6)nc6ccccc65)cc4)c4cc(-c5ccccc5)ccc34)cc2)cc1. The van der Waals surface area contributed by atoms with Crippen LogP contribution in [-0.2, 0) is 0 Å². The van der Waals surface area contributed by atoms with Gasteiger partial charge >= 0.3 is 0 Å². The molecule has 10 aromatic rings. The van der Waals surface area contributed by atoms with Gasteiger partial charge in [-0.25, -0.2) is 4.98 Å². The lowest BCUT2D eigenvalue weighted by Crippen LogP contribution is -1.98. The number of imidazole rings is 1. The van der Waals surface area contributed by atoms with E-state index in [1.165, 1.54) is 66.1 Å². The van der Waals surface area contributed by atoms with Crippen molar-refractivity contribution in [2.45, 2.75) is 0 Å². The average Bonchev–Trinajstić information content (AvgIpc) is 3.63. The molecular weight excluding hydrogens is 641 g/mol. The van der Waals surface area contributed by atoms with Crippen molar-refractivity contribution < 1.29 is 0 Å². The largest absolute Gasteiger partial charge is 0.292 e. The van der Waals surface area contributed by atoms with Gasteiger partial charge in [0.25, 0.3) is 0 Å². The van der Waals surface area contributed by atoms with Crippen molar-refractivity contribution in [1.82, 2.24) is 9.55 Å². The van der Waals surface area contributed by atoms with Gasteiger partial charge in [0.1, 0.15) is 5.82 Å². The highest BCUT2D eigenvalue weighted by molar-refractivity contribution is 6.22. The molecule has 2 heteroatoms. The fraction of sp³-hybridized carbons (Fsp3) is 0. The molecule has 248 valence electrons. The highest BCUT2D eigenvalue weighted by Gasteiger charge is 2.19. The van der Waals surface area contributed by atoms with Crippen LogP contribution in [0.5, 0.6) is 0 Å².